The molecule has 0 aliphatic heterocycles. The summed E-state index contributed by atoms with van der Waals surface area (Å²) in [6.45, 7) is 7.61. The zero-order chi connectivity index (χ0) is 19.6. The van der Waals surface area contributed by atoms with Crippen molar-refractivity contribution in [2.24, 2.45) is 4.99 Å². The molecule has 7 heteroatoms. The molecule has 1 heterocycles. The van der Waals surface area contributed by atoms with Crippen LogP contribution in [0.3, 0.4) is 0 Å². The van der Waals surface area contributed by atoms with Crippen LogP contribution >= 0.6 is 24.0 Å². The lowest BCUT2D eigenvalue weighted by molar-refractivity contribution is -0.121. The summed E-state index contributed by atoms with van der Waals surface area (Å²) in [4.78, 5) is 21.9. The molecule has 0 unspecified atom stereocenters. The average Bonchev–Trinajstić information content (AvgIpc) is 2.98. The van der Waals surface area contributed by atoms with Crippen LogP contribution in [0.1, 0.15) is 23.1 Å². The number of hydrogen-bond acceptors (Lipinski definition) is 6. The van der Waals surface area contributed by atoms with Crippen molar-refractivity contribution in [3.63, 3.8) is 0 Å². The Hall–Kier alpha value is -2.38. The molecule has 0 fully saturated rings. The van der Waals surface area contributed by atoms with Crippen molar-refractivity contribution in [3.05, 3.63) is 46.5 Å². The molecule has 0 aliphatic rings. The van der Waals surface area contributed by atoms with Gasteiger partial charge >= 0.3 is 0 Å². The number of aliphatic imine (C=N–C) groups is 1. The Morgan fingerprint density at radius 3 is 2.67 bits per heavy atom. The van der Waals surface area contributed by atoms with Crippen LogP contribution in [0.2, 0.25) is 0 Å². The van der Waals surface area contributed by atoms with E-state index in [4.69, 9.17) is 4.74 Å². The lowest BCUT2D eigenvalue weighted by atomic mass is 10.2. The maximum Gasteiger partial charge on any atom is 0.263 e. The van der Waals surface area contributed by atoms with Crippen molar-refractivity contribution in [1.29, 1.82) is 0 Å². The second kappa shape index (κ2) is 8.10. The van der Waals surface area contributed by atoms with E-state index in [0.29, 0.717) is 17.3 Å². The number of carbonyl (C=O) groups is 1. The molecule has 0 spiro atoms. The highest BCUT2D eigenvalue weighted by atomic mass is 32.1. The number of rotatable bonds is 4. The molecular weight excluding hydrogens is 378 g/mol. The molecule has 5 nitrogen and oxygen atoms in total. The molecule has 0 bridgehead atoms. The van der Waals surface area contributed by atoms with Crippen molar-refractivity contribution in [1.82, 2.24) is 10.3 Å². The van der Waals surface area contributed by atoms with E-state index in [1.807, 2.05) is 51.1 Å². The summed E-state index contributed by atoms with van der Waals surface area (Å²) in [5.74, 6) is 0.876. The number of amidine groups is 1. The lowest BCUT2D eigenvalue weighted by Crippen LogP contribution is -2.32. The van der Waals surface area contributed by atoms with Crippen LogP contribution in [0.15, 0.2) is 40.2 Å². The number of aryl methyl sites for hydroxylation is 3. The molecule has 0 saturated heterocycles. The van der Waals surface area contributed by atoms with Gasteiger partial charge in [-0.2, -0.15) is 0 Å². The van der Waals surface area contributed by atoms with Gasteiger partial charge in [-0.3, -0.25) is 4.79 Å². The highest BCUT2D eigenvalue weighted by molar-refractivity contribution is 7.80. The van der Waals surface area contributed by atoms with E-state index in [9.17, 15) is 4.79 Å². The molecule has 0 atom stereocenters. The number of nitrogens with zero attached hydrogens (tertiary/aromatic N) is 2. The SMILES string of the molecule is CC(=Nc1c(C)cc2sc(C)nc2c1S)NC(=O)COc1ccc(C)cc1. The Balaban J connectivity index is 1.70. The minimum absolute atomic E-state index is 0.0764. The van der Waals surface area contributed by atoms with E-state index in [-0.39, 0.29) is 12.5 Å². The molecule has 0 saturated carbocycles. The van der Waals surface area contributed by atoms with Gasteiger partial charge in [0.15, 0.2) is 6.61 Å². The zero-order valence-electron chi connectivity index (χ0n) is 15.7. The maximum absolute atomic E-state index is 12.1. The quantitative estimate of drug-likeness (QED) is 0.378. The van der Waals surface area contributed by atoms with E-state index in [1.54, 1.807) is 18.3 Å². The van der Waals surface area contributed by atoms with Gasteiger partial charge in [0.2, 0.25) is 0 Å². The van der Waals surface area contributed by atoms with Gasteiger partial charge in [0.1, 0.15) is 11.6 Å². The molecule has 2 aromatic carbocycles. The summed E-state index contributed by atoms with van der Waals surface area (Å²) in [6, 6.07) is 9.60. The van der Waals surface area contributed by atoms with Gasteiger partial charge in [0.05, 0.1) is 25.8 Å². The molecule has 27 heavy (non-hydrogen) atoms. The second-order valence-corrected chi connectivity index (χ2v) is 8.00. The smallest absolute Gasteiger partial charge is 0.263 e. The van der Waals surface area contributed by atoms with Gasteiger partial charge in [-0.05, 0) is 51.5 Å². The fourth-order valence-corrected chi connectivity index (χ4v) is 4.04. The molecule has 140 valence electrons. The number of nitrogens with one attached hydrogen (secondary N) is 1. The summed E-state index contributed by atoms with van der Waals surface area (Å²) >= 11 is 6.24. The minimum atomic E-state index is -0.263. The number of benzene rings is 2. The number of ether oxygens (including phenoxy) is 1. The first-order valence-corrected chi connectivity index (χ1v) is 9.74. The molecule has 1 amide bonds. The van der Waals surface area contributed by atoms with E-state index >= 15 is 0 Å². The highest BCUT2D eigenvalue weighted by Crippen LogP contribution is 2.36. The van der Waals surface area contributed by atoms with Crippen molar-refractivity contribution >= 4 is 51.6 Å². The van der Waals surface area contributed by atoms with E-state index in [2.05, 4.69) is 27.9 Å². The topological polar surface area (TPSA) is 63.6 Å². The molecule has 1 N–H and O–H groups in total. The van der Waals surface area contributed by atoms with E-state index in [1.165, 1.54) is 0 Å². The average molecular weight is 400 g/mol. The largest absolute Gasteiger partial charge is 0.484 e. The van der Waals surface area contributed by atoms with Gasteiger partial charge in [0.25, 0.3) is 5.91 Å². The molecule has 1 aromatic heterocycles. The first kappa shape index (κ1) is 19.4. The summed E-state index contributed by atoms with van der Waals surface area (Å²) in [6.07, 6.45) is 0. The van der Waals surface area contributed by atoms with Gasteiger partial charge in [0, 0.05) is 0 Å². The predicted molar refractivity (Wildman–Crippen MR) is 114 cm³/mol. The third-order valence-electron chi connectivity index (χ3n) is 3.92. The second-order valence-electron chi connectivity index (χ2n) is 6.32. The number of amides is 1. The fourth-order valence-electron chi connectivity index (χ4n) is 2.63. The first-order valence-electron chi connectivity index (χ1n) is 8.48. The molecule has 0 aliphatic carbocycles. The number of aromatic nitrogens is 1. The Morgan fingerprint density at radius 2 is 1.96 bits per heavy atom. The Kier molecular flexibility index (Phi) is 5.82. The van der Waals surface area contributed by atoms with Crippen LogP contribution in [0.25, 0.3) is 10.2 Å². The molecule has 0 radical (unpaired) electrons. The van der Waals surface area contributed by atoms with E-state index < -0.39 is 0 Å². The van der Waals surface area contributed by atoms with Crippen LogP contribution in [-0.2, 0) is 4.79 Å². The normalized spacial score (nSPS) is 11.7. The van der Waals surface area contributed by atoms with Gasteiger partial charge in [-0.1, -0.05) is 17.7 Å². The summed E-state index contributed by atoms with van der Waals surface area (Å²) in [7, 11) is 0. The van der Waals surface area contributed by atoms with Gasteiger partial charge < -0.3 is 10.1 Å². The van der Waals surface area contributed by atoms with Crippen molar-refractivity contribution in [3.8, 4) is 5.75 Å². The zero-order valence-corrected chi connectivity index (χ0v) is 17.4. The minimum Gasteiger partial charge on any atom is -0.484 e. The van der Waals surface area contributed by atoms with Gasteiger partial charge in [-0.15, -0.1) is 24.0 Å². The Bertz CT molecular complexity index is 1020. The Labute approximate surface area is 167 Å². The van der Waals surface area contributed by atoms with Crippen LogP contribution in [0.5, 0.6) is 5.75 Å². The number of thiazole rings is 1. The summed E-state index contributed by atoms with van der Waals surface area (Å²) < 4.78 is 6.58. The Morgan fingerprint density at radius 1 is 1.26 bits per heavy atom. The van der Waals surface area contributed by atoms with Crippen LogP contribution < -0.4 is 10.1 Å². The molecule has 3 aromatic rings. The maximum atomic E-state index is 12.1. The molecule has 3 rings (SSSR count). The number of thiol groups is 1. The van der Waals surface area contributed by atoms with Crippen molar-refractivity contribution < 1.29 is 9.53 Å². The van der Waals surface area contributed by atoms with Crippen LogP contribution in [0, 0.1) is 20.8 Å². The van der Waals surface area contributed by atoms with Crippen LogP contribution in [0.4, 0.5) is 5.69 Å². The predicted octanol–water partition coefficient (Wildman–Crippen LogP) is 4.76. The standard InChI is InChI=1S/C20H21N3O2S2/c1-11-5-7-15(8-6-11)25-10-17(24)21-13(3)22-18-12(2)9-16-19(20(18)26)23-14(4)27-16/h5-9,26H,10H2,1-4H3,(H,21,22,24). The lowest BCUT2D eigenvalue weighted by Gasteiger charge is -2.09. The van der Waals surface area contributed by atoms with Crippen molar-refractivity contribution in [2.75, 3.05) is 6.61 Å². The number of carbonyl (C=O) groups excluding carboxylic acids is 1. The third-order valence-corrected chi connectivity index (χ3v) is 5.26. The fraction of sp³-hybridized carbons (Fsp3) is 0.250. The van der Waals surface area contributed by atoms with Crippen molar-refractivity contribution in [2.45, 2.75) is 32.6 Å². The number of fused-ring (bicyclic) bond motifs is 1. The molecular formula is C20H21N3O2S2. The summed E-state index contributed by atoms with van der Waals surface area (Å²) in [5, 5.41) is 3.74. The highest BCUT2D eigenvalue weighted by Gasteiger charge is 2.12. The van der Waals surface area contributed by atoms with Gasteiger partial charge in [-0.25, -0.2) is 9.98 Å². The number of hydrogen-bond donors (Lipinski definition) is 2. The van der Waals surface area contributed by atoms with E-state index in [0.717, 1.165) is 31.2 Å². The third kappa shape index (κ3) is 4.67. The van der Waals surface area contributed by atoms with Crippen LogP contribution in [-0.4, -0.2) is 23.3 Å². The first-order chi connectivity index (χ1) is 12.8. The monoisotopic (exact) mass is 399 g/mol. The summed E-state index contributed by atoms with van der Waals surface area (Å²) in [5.41, 5.74) is 3.68.